The average molecular weight is 127 g/mol. The molecule has 0 bridgehead atoms. The quantitative estimate of drug-likeness (QED) is 0.565. The van der Waals surface area contributed by atoms with Crippen molar-refractivity contribution in [1.29, 1.82) is 0 Å². The highest BCUT2D eigenvalue weighted by molar-refractivity contribution is 5.00. The van der Waals surface area contributed by atoms with Crippen LogP contribution in [-0.2, 0) is 0 Å². The SMILES string of the molecule is C/C=C(\C)CC(C)(C)N. The molecule has 0 radical (unpaired) electrons. The van der Waals surface area contributed by atoms with E-state index in [1.54, 1.807) is 0 Å². The van der Waals surface area contributed by atoms with Gasteiger partial charge in [0.1, 0.15) is 0 Å². The summed E-state index contributed by atoms with van der Waals surface area (Å²) in [5, 5.41) is 0. The Morgan fingerprint density at radius 3 is 2.11 bits per heavy atom. The van der Waals surface area contributed by atoms with Gasteiger partial charge in [-0.15, -0.1) is 0 Å². The molecule has 0 aromatic carbocycles. The molecule has 0 atom stereocenters. The van der Waals surface area contributed by atoms with Gasteiger partial charge in [0.15, 0.2) is 0 Å². The molecule has 0 saturated heterocycles. The molecule has 54 valence electrons. The van der Waals surface area contributed by atoms with Crippen molar-refractivity contribution >= 4 is 0 Å². The fourth-order valence-corrected chi connectivity index (χ4v) is 0.821. The zero-order valence-electron chi connectivity index (χ0n) is 6.86. The third kappa shape index (κ3) is 5.57. The lowest BCUT2D eigenvalue weighted by Crippen LogP contribution is -2.31. The Balaban J connectivity index is 3.75. The Hall–Kier alpha value is -0.300. The highest BCUT2D eigenvalue weighted by atomic mass is 14.7. The molecule has 0 rings (SSSR count). The van der Waals surface area contributed by atoms with Crippen LogP contribution in [0.2, 0.25) is 0 Å². The molecular formula is C8H17N. The van der Waals surface area contributed by atoms with Gasteiger partial charge in [0.2, 0.25) is 0 Å². The summed E-state index contributed by atoms with van der Waals surface area (Å²) in [5.74, 6) is 0. The molecule has 0 heterocycles. The van der Waals surface area contributed by atoms with Gasteiger partial charge in [0.05, 0.1) is 0 Å². The summed E-state index contributed by atoms with van der Waals surface area (Å²) in [6.45, 7) is 8.23. The van der Waals surface area contributed by atoms with E-state index < -0.39 is 0 Å². The zero-order valence-corrected chi connectivity index (χ0v) is 6.86. The summed E-state index contributed by atoms with van der Waals surface area (Å²) in [6.07, 6.45) is 3.10. The molecule has 1 nitrogen and oxygen atoms in total. The van der Waals surface area contributed by atoms with E-state index in [1.165, 1.54) is 5.57 Å². The van der Waals surface area contributed by atoms with Gasteiger partial charge in [0, 0.05) is 5.54 Å². The number of allylic oxidation sites excluding steroid dienone is 1. The maximum absolute atomic E-state index is 5.77. The Kier molecular flexibility index (Phi) is 2.92. The largest absolute Gasteiger partial charge is 0.325 e. The Labute approximate surface area is 57.9 Å². The van der Waals surface area contributed by atoms with E-state index in [4.69, 9.17) is 5.73 Å². The van der Waals surface area contributed by atoms with E-state index in [0.717, 1.165) is 6.42 Å². The van der Waals surface area contributed by atoms with Crippen LogP contribution in [0.4, 0.5) is 0 Å². The molecule has 0 aliphatic heterocycles. The van der Waals surface area contributed by atoms with Crippen molar-refractivity contribution < 1.29 is 0 Å². The van der Waals surface area contributed by atoms with Gasteiger partial charge < -0.3 is 5.73 Å². The molecule has 0 unspecified atom stereocenters. The van der Waals surface area contributed by atoms with E-state index in [-0.39, 0.29) is 5.54 Å². The van der Waals surface area contributed by atoms with Crippen molar-refractivity contribution in [1.82, 2.24) is 0 Å². The lowest BCUT2D eigenvalue weighted by Gasteiger charge is -2.18. The van der Waals surface area contributed by atoms with Crippen molar-refractivity contribution in [2.75, 3.05) is 0 Å². The van der Waals surface area contributed by atoms with E-state index in [9.17, 15) is 0 Å². The predicted octanol–water partition coefficient (Wildman–Crippen LogP) is 2.08. The molecule has 0 aliphatic rings. The number of nitrogens with two attached hydrogens (primary N) is 1. The van der Waals surface area contributed by atoms with Gasteiger partial charge in [-0.25, -0.2) is 0 Å². The van der Waals surface area contributed by atoms with Crippen molar-refractivity contribution in [3.05, 3.63) is 11.6 Å². The summed E-state index contributed by atoms with van der Waals surface area (Å²) < 4.78 is 0. The van der Waals surface area contributed by atoms with Gasteiger partial charge in [-0.1, -0.05) is 11.6 Å². The summed E-state index contributed by atoms with van der Waals surface area (Å²) in [6, 6.07) is 0. The van der Waals surface area contributed by atoms with Crippen LogP contribution in [0.3, 0.4) is 0 Å². The van der Waals surface area contributed by atoms with Crippen molar-refractivity contribution in [3.8, 4) is 0 Å². The third-order valence-corrected chi connectivity index (χ3v) is 1.23. The second-order valence-electron chi connectivity index (χ2n) is 3.30. The third-order valence-electron chi connectivity index (χ3n) is 1.23. The molecule has 9 heavy (non-hydrogen) atoms. The fraction of sp³-hybridized carbons (Fsp3) is 0.750. The smallest absolute Gasteiger partial charge is 0.0134 e. The van der Waals surface area contributed by atoms with E-state index in [1.807, 2.05) is 20.8 Å². The predicted molar refractivity (Wildman–Crippen MR) is 42.3 cm³/mol. The summed E-state index contributed by atoms with van der Waals surface area (Å²) in [5.41, 5.74) is 7.09. The zero-order chi connectivity index (χ0) is 7.49. The number of rotatable bonds is 2. The first kappa shape index (κ1) is 8.70. The van der Waals surface area contributed by atoms with Gasteiger partial charge in [0.25, 0.3) is 0 Å². The lowest BCUT2D eigenvalue weighted by molar-refractivity contribution is 0.514. The first-order valence-corrected chi connectivity index (χ1v) is 3.36. The second kappa shape index (κ2) is 3.02. The molecule has 0 spiro atoms. The van der Waals surface area contributed by atoms with E-state index in [0.29, 0.717) is 0 Å². The van der Waals surface area contributed by atoms with Crippen LogP contribution < -0.4 is 5.73 Å². The van der Waals surface area contributed by atoms with Gasteiger partial charge in [-0.3, -0.25) is 0 Å². The van der Waals surface area contributed by atoms with Gasteiger partial charge in [-0.05, 0) is 34.1 Å². The maximum Gasteiger partial charge on any atom is 0.0134 e. The van der Waals surface area contributed by atoms with Gasteiger partial charge >= 0.3 is 0 Å². The molecule has 0 fully saturated rings. The minimum Gasteiger partial charge on any atom is -0.325 e. The van der Waals surface area contributed by atoms with E-state index in [2.05, 4.69) is 13.0 Å². The van der Waals surface area contributed by atoms with Crippen molar-refractivity contribution in [2.24, 2.45) is 5.73 Å². The Morgan fingerprint density at radius 2 is 2.00 bits per heavy atom. The monoisotopic (exact) mass is 127 g/mol. The molecule has 1 heteroatoms. The highest BCUT2D eigenvalue weighted by Gasteiger charge is 2.09. The Morgan fingerprint density at radius 1 is 1.56 bits per heavy atom. The summed E-state index contributed by atoms with van der Waals surface area (Å²) in [7, 11) is 0. The second-order valence-corrected chi connectivity index (χ2v) is 3.30. The first-order chi connectivity index (χ1) is 3.95. The average Bonchev–Trinajstić information content (AvgIpc) is 1.62. The standard InChI is InChI=1S/C8H17N/c1-5-7(2)6-8(3,4)9/h5H,6,9H2,1-4H3/b7-5+. The minimum atomic E-state index is -0.0450. The fourth-order valence-electron chi connectivity index (χ4n) is 0.821. The molecule has 0 aromatic rings. The maximum atomic E-state index is 5.77. The molecule has 0 saturated carbocycles. The van der Waals surface area contributed by atoms with Crippen molar-refractivity contribution in [3.63, 3.8) is 0 Å². The van der Waals surface area contributed by atoms with Gasteiger partial charge in [-0.2, -0.15) is 0 Å². The summed E-state index contributed by atoms with van der Waals surface area (Å²) in [4.78, 5) is 0. The molecule has 0 aliphatic carbocycles. The van der Waals surface area contributed by atoms with Crippen LogP contribution in [0.5, 0.6) is 0 Å². The molecule has 2 N–H and O–H groups in total. The lowest BCUT2D eigenvalue weighted by atomic mass is 9.97. The topological polar surface area (TPSA) is 26.0 Å². The number of hydrogen-bond acceptors (Lipinski definition) is 1. The molecule has 0 aromatic heterocycles. The minimum absolute atomic E-state index is 0.0450. The first-order valence-electron chi connectivity index (χ1n) is 3.36. The number of hydrogen-bond donors (Lipinski definition) is 1. The summed E-state index contributed by atoms with van der Waals surface area (Å²) >= 11 is 0. The molecule has 0 amide bonds. The van der Waals surface area contributed by atoms with Crippen LogP contribution in [0.15, 0.2) is 11.6 Å². The van der Waals surface area contributed by atoms with E-state index >= 15 is 0 Å². The van der Waals surface area contributed by atoms with Crippen LogP contribution in [0, 0.1) is 0 Å². The van der Waals surface area contributed by atoms with Crippen LogP contribution in [-0.4, -0.2) is 5.54 Å². The normalized spacial score (nSPS) is 14.1. The van der Waals surface area contributed by atoms with Crippen molar-refractivity contribution in [2.45, 2.75) is 39.7 Å². The van der Waals surface area contributed by atoms with Crippen LogP contribution in [0.25, 0.3) is 0 Å². The Bertz CT molecular complexity index is 106. The van der Waals surface area contributed by atoms with Crippen LogP contribution in [0.1, 0.15) is 34.1 Å². The molecular weight excluding hydrogens is 110 g/mol. The van der Waals surface area contributed by atoms with Crippen LogP contribution >= 0.6 is 0 Å². The highest BCUT2D eigenvalue weighted by Crippen LogP contribution is 2.11.